The van der Waals surface area contributed by atoms with Crippen molar-refractivity contribution in [2.24, 2.45) is 29.6 Å². The summed E-state index contributed by atoms with van der Waals surface area (Å²) >= 11 is 0. The maximum absolute atomic E-state index is 12.6. The summed E-state index contributed by atoms with van der Waals surface area (Å²) in [6.45, 7) is 6.68. The molecule has 19 heavy (non-hydrogen) atoms. The Kier molecular flexibility index (Phi) is 3.39. The molecule has 6 atom stereocenters. The van der Waals surface area contributed by atoms with Crippen molar-refractivity contribution < 1.29 is 9.53 Å². The summed E-state index contributed by atoms with van der Waals surface area (Å²) in [6.07, 6.45) is 8.31. The molecule has 2 bridgehead atoms. The molecule has 0 radical (unpaired) electrons. The van der Waals surface area contributed by atoms with Crippen molar-refractivity contribution in [1.29, 1.82) is 0 Å². The van der Waals surface area contributed by atoms with Crippen LogP contribution in [-0.4, -0.2) is 11.6 Å². The van der Waals surface area contributed by atoms with Crippen molar-refractivity contribution in [3.05, 3.63) is 0 Å². The van der Waals surface area contributed by atoms with E-state index in [0.717, 1.165) is 25.2 Å². The summed E-state index contributed by atoms with van der Waals surface area (Å²) in [7, 11) is 0. The third kappa shape index (κ3) is 2.21. The number of hydrogen-bond donors (Lipinski definition) is 0. The molecule has 0 aliphatic heterocycles. The lowest BCUT2D eigenvalue weighted by atomic mass is 9.81. The highest BCUT2D eigenvalue weighted by atomic mass is 16.6. The maximum atomic E-state index is 12.6. The molecule has 0 N–H and O–H groups in total. The lowest BCUT2D eigenvalue weighted by Crippen LogP contribution is -2.41. The molecular weight excluding hydrogens is 236 g/mol. The molecule has 3 saturated carbocycles. The number of fused-ring (bicyclic) bond motifs is 2. The molecule has 0 aromatic carbocycles. The van der Waals surface area contributed by atoms with E-state index in [9.17, 15) is 4.79 Å². The van der Waals surface area contributed by atoms with Crippen LogP contribution in [0.5, 0.6) is 0 Å². The van der Waals surface area contributed by atoms with E-state index in [1.807, 2.05) is 0 Å². The topological polar surface area (TPSA) is 26.3 Å². The molecule has 3 rings (SSSR count). The molecule has 3 fully saturated rings. The van der Waals surface area contributed by atoms with Crippen molar-refractivity contribution in [3.63, 3.8) is 0 Å². The lowest BCUT2D eigenvalue weighted by molar-refractivity contribution is -0.172. The Balaban J connectivity index is 1.68. The lowest BCUT2D eigenvalue weighted by Gasteiger charge is -2.37. The van der Waals surface area contributed by atoms with Gasteiger partial charge in [-0.1, -0.05) is 20.8 Å². The predicted octanol–water partition coefficient (Wildman–Crippen LogP) is 4.18. The van der Waals surface area contributed by atoms with Gasteiger partial charge in [-0.2, -0.15) is 0 Å². The molecular formula is C17H28O2. The Bertz CT molecular complexity index is 364. The minimum atomic E-state index is -0.0917. The van der Waals surface area contributed by atoms with Crippen LogP contribution in [-0.2, 0) is 9.53 Å². The van der Waals surface area contributed by atoms with Crippen LogP contribution in [0.4, 0.5) is 0 Å². The van der Waals surface area contributed by atoms with Gasteiger partial charge in [0.05, 0.1) is 5.92 Å². The zero-order valence-electron chi connectivity index (χ0n) is 12.7. The average molecular weight is 264 g/mol. The second-order valence-electron chi connectivity index (χ2n) is 7.58. The Morgan fingerprint density at radius 1 is 1.21 bits per heavy atom. The van der Waals surface area contributed by atoms with Crippen LogP contribution < -0.4 is 0 Å². The first-order valence-electron chi connectivity index (χ1n) is 8.27. The Labute approximate surface area is 117 Å². The number of carbonyl (C=O) groups is 1. The first-order chi connectivity index (χ1) is 9.04. The van der Waals surface area contributed by atoms with Crippen molar-refractivity contribution in [2.75, 3.05) is 0 Å². The van der Waals surface area contributed by atoms with E-state index in [1.54, 1.807) is 0 Å². The first kappa shape index (κ1) is 13.5. The standard InChI is InChI=1S/C17H28O2/c1-4-17(10-13-5-6-14(17)9-13)19-16(18)15-8-11(2)7-12(15)3/h11-15H,4-10H2,1-3H3. The number of hydrogen-bond acceptors (Lipinski definition) is 2. The van der Waals surface area contributed by atoms with Gasteiger partial charge in [-0.05, 0) is 68.6 Å². The van der Waals surface area contributed by atoms with Gasteiger partial charge in [0.1, 0.15) is 5.60 Å². The van der Waals surface area contributed by atoms with Gasteiger partial charge in [-0.25, -0.2) is 0 Å². The zero-order chi connectivity index (χ0) is 13.6. The first-order valence-corrected chi connectivity index (χ1v) is 8.27. The highest BCUT2D eigenvalue weighted by Crippen LogP contribution is 2.54. The summed E-state index contributed by atoms with van der Waals surface area (Å²) in [4.78, 5) is 12.6. The monoisotopic (exact) mass is 264 g/mol. The highest BCUT2D eigenvalue weighted by Gasteiger charge is 2.53. The summed E-state index contributed by atoms with van der Waals surface area (Å²) < 4.78 is 6.15. The number of esters is 1. The van der Waals surface area contributed by atoms with E-state index >= 15 is 0 Å². The van der Waals surface area contributed by atoms with E-state index in [2.05, 4.69) is 20.8 Å². The molecule has 0 spiro atoms. The third-order valence-corrected chi connectivity index (χ3v) is 6.24. The maximum Gasteiger partial charge on any atom is 0.309 e. The summed E-state index contributed by atoms with van der Waals surface area (Å²) in [5.74, 6) is 2.96. The molecule has 0 heterocycles. The van der Waals surface area contributed by atoms with Crippen molar-refractivity contribution >= 4 is 5.97 Å². The molecule has 0 aromatic rings. The normalized spacial score (nSPS) is 48.7. The van der Waals surface area contributed by atoms with E-state index < -0.39 is 0 Å². The van der Waals surface area contributed by atoms with Crippen LogP contribution in [0.15, 0.2) is 0 Å². The van der Waals surface area contributed by atoms with E-state index in [-0.39, 0.29) is 17.5 Å². The number of ether oxygens (including phenoxy) is 1. The van der Waals surface area contributed by atoms with Crippen molar-refractivity contribution in [3.8, 4) is 0 Å². The fourth-order valence-corrected chi connectivity index (χ4v) is 5.19. The molecule has 6 unspecified atom stereocenters. The smallest absolute Gasteiger partial charge is 0.309 e. The van der Waals surface area contributed by atoms with Gasteiger partial charge < -0.3 is 4.74 Å². The highest BCUT2D eigenvalue weighted by molar-refractivity contribution is 5.73. The number of rotatable bonds is 3. The second kappa shape index (κ2) is 4.79. The van der Waals surface area contributed by atoms with Crippen LogP contribution in [0.3, 0.4) is 0 Å². The third-order valence-electron chi connectivity index (χ3n) is 6.24. The van der Waals surface area contributed by atoms with Gasteiger partial charge in [-0.3, -0.25) is 4.79 Å². The largest absolute Gasteiger partial charge is 0.459 e. The minimum Gasteiger partial charge on any atom is -0.459 e. The fourth-order valence-electron chi connectivity index (χ4n) is 5.19. The molecule has 3 aliphatic carbocycles. The molecule has 2 nitrogen and oxygen atoms in total. The van der Waals surface area contributed by atoms with Gasteiger partial charge in [0.2, 0.25) is 0 Å². The summed E-state index contributed by atoms with van der Waals surface area (Å²) in [5.41, 5.74) is -0.0917. The SMILES string of the molecule is CCC1(OC(=O)C2CC(C)CC2C)CC2CCC1C2. The molecule has 0 saturated heterocycles. The van der Waals surface area contributed by atoms with Crippen LogP contribution in [0.2, 0.25) is 0 Å². The van der Waals surface area contributed by atoms with Gasteiger partial charge in [0.25, 0.3) is 0 Å². The van der Waals surface area contributed by atoms with Crippen LogP contribution >= 0.6 is 0 Å². The predicted molar refractivity (Wildman–Crippen MR) is 75.6 cm³/mol. The summed E-state index contributed by atoms with van der Waals surface area (Å²) in [6, 6.07) is 0. The average Bonchev–Trinajstić information content (AvgIpc) is 3.03. The molecule has 3 aliphatic rings. The second-order valence-corrected chi connectivity index (χ2v) is 7.58. The van der Waals surface area contributed by atoms with Crippen LogP contribution in [0.25, 0.3) is 0 Å². The van der Waals surface area contributed by atoms with Gasteiger partial charge >= 0.3 is 5.97 Å². The number of carbonyl (C=O) groups excluding carboxylic acids is 1. The van der Waals surface area contributed by atoms with Crippen molar-refractivity contribution in [2.45, 2.75) is 71.3 Å². The quantitative estimate of drug-likeness (QED) is 0.715. The fraction of sp³-hybridized carbons (Fsp3) is 0.941. The van der Waals surface area contributed by atoms with E-state index in [4.69, 9.17) is 4.74 Å². The minimum absolute atomic E-state index is 0.0917. The van der Waals surface area contributed by atoms with Gasteiger partial charge in [-0.15, -0.1) is 0 Å². The molecule has 0 amide bonds. The van der Waals surface area contributed by atoms with Gasteiger partial charge in [0.15, 0.2) is 0 Å². The Hall–Kier alpha value is -0.530. The molecule has 0 aromatic heterocycles. The Morgan fingerprint density at radius 3 is 2.47 bits per heavy atom. The van der Waals surface area contributed by atoms with E-state index in [1.165, 1.54) is 25.7 Å². The van der Waals surface area contributed by atoms with Crippen molar-refractivity contribution in [1.82, 2.24) is 0 Å². The molecule has 2 heteroatoms. The van der Waals surface area contributed by atoms with E-state index in [0.29, 0.717) is 17.8 Å². The van der Waals surface area contributed by atoms with Crippen LogP contribution in [0.1, 0.15) is 65.7 Å². The van der Waals surface area contributed by atoms with Crippen LogP contribution in [0, 0.1) is 29.6 Å². The summed E-state index contributed by atoms with van der Waals surface area (Å²) in [5, 5.41) is 0. The van der Waals surface area contributed by atoms with Gasteiger partial charge in [0, 0.05) is 0 Å². The zero-order valence-corrected chi connectivity index (χ0v) is 12.7. The molecule has 108 valence electrons. The Morgan fingerprint density at radius 2 is 2.00 bits per heavy atom.